The lowest BCUT2D eigenvalue weighted by Crippen LogP contribution is -2.35. The molecule has 0 aromatic rings. The van der Waals surface area contributed by atoms with Crippen LogP contribution in [0.4, 0.5) is 0 Å². The molecule has 0 bridgehead atoms. The zero-order valence-corrected chi connectivity index (χ0v) is 45.7. The highest BCUT2D eigenvalue weighted by Gasteiger charge is 2.35. The Hall–Kier alpha value is -1.31. The highest BCUT2D eigenvalue weighted by molar-refractivity contribution is 5.81. The Kier molecular flexibility index (Phi) is 49.1. The van der Waals surface area contributed by atoms with Crippen LogP contribution in [0.3, 0.4) is 0 Å². The fraction of sp³-hybridized carbons (Fsp3) is 0.949. The van der Waals surface area contributed by atoms with Gasteiger partial charge in [-0.05, 0) is 90.8 Å². The molecule has 2 aliphatic rings. The maximum Gasteiger partial charge on any atom is 0.305 e. The lowest BCUT2D eigenvalue weighted by molar-refractivity contribution is -0.143. The van der Waals surface area contributed by atoms with Gasteiger partial charge in [0.25, 0.3) is 0 Å². The van der Waals surface area contributed by atoms with E-state index in [-0.39, 0.29) is 23.9 Å². The zero-order chi connectivity index (χ0) is 48.6. The third kappa shape index (κ3) is 42.8. The van der Waals surface area contributed by atoms with E-state index in [1.54, 1.807) is 13.8 Å². The molecule has 2 heterocycles. The van der Waals surface area contributed by atoms with Gasteiger partial charge in [-0.1, -0.05) is 221 Å². The summed E-state index contributed by atoms with van der Waals surface area (Å²) in [7, 11) is 0. The highest BCUT2D eigenvalue weighted by atomic mass is 16.5. The lowest BCUT2D eigenvalue weighted by atomic mass is 9.90. The molecule has 0 radical (unpaired) electrons. The average Bonchev–Trinajstić information content (AvgIpc) is 3.99. The van der Waals surface area contributed by atoms with Crippen molar-refractivity contribution < 1.29 is 23.9 Å². The van der Waals surface area contributed by atoms with E-state index in [1.165, 1.54) is 199 Å². The molecule has 0 aliphatic carbocycles. The summed E-state index contributed by atoms with van der Waals surface area (Å²) in [6.07, 6.45) is 49.9. The Bertz CT molecular complexity index is 1030. The van der Waals surface area contributed by atoms with Gasteiger partial charge in [-0.15, -0.1) is 0 Å². The molecule has 2 atom stereocenters. The van der Waals surface area contributed by atoms with Crippen LogP contribution in [0.1, 0.15) is 299 Å². The van der Waals surface area contributed by atoms with Crippen LogP contribution in [-0.4, -0.2) is 85.4 Å². The smallest absolute Gasteiger partial charge is 0.305 e. The van der Waals surface area contributed by atoms with Gasteiger partial charge in [-0.2, -0.15) is 0 Å². The summed E-state index contributed by atoms with van der Waals surface area (Å²) in [5, 5.41) is 0. The molecular formula is C59H116N2O5. The molecule has 7 heteroatoms. The number of unbranched alkanes of at least 4 members (excludes halogenated alkanes) is 24. The minimum absolute atomic E-state index is 0.00473. The largest absolute Gasteiger partial charge is 0.466 e. The molecule has 2 aliphatic heterocycles. The van der Waals surface area contributed by atoms with E-state index in [2.05, 4.69) is 44.4 Å². The number of Topliss-reactive ketones (excluding diaryl/α,β-unsaturated/α-hetero) is 2. The molecule has 2 fully saturated rings. The number of carbonyl (C=O) groups excluding carboxylic acids is 3. The molecule has 66 heavy (non-hydrogen) atoms. The number of ketones is 2. The lowest BCUT2D eigenvalue weighted by Gasteiger charge is -2.21. The van der Waals surface area contributed by atoms with Crippen molar-refractivity contribution in [2.24, 2.45) is 5.92 Å². The predicted octanol–water partition coefficient (Wildman–Crippen LogP) is 17.0. The third-order valence-corrected chi connectivity index (χ3v) is 14.1. The van der Waals surface area contributed by atoms with Crippen LogP contribution in [0.2, 0.25) is 0 Å². The number of hydrogen-bond acceptors (Lipinski definition) is 7. The summed E-state index contributed by atoms with van der Waals surface area (Å²) in [5.74, 6) is 1.56. The minimum atomic E-state index is -0.0558. The molecular weight excluding hydrogens is 817 g/mol. The van der Waals surface area contributed by atoms with Crippen molar-refractivity contribution in [1.82, 2.24) is 9.80 Å². The second-order valence-corrected chi connectivity index (χ2v) is 20.7. The molecule has 0 N–H and O–H groups in total. The van der Waals surface area contributed by atoms with Crippen molar-refractivity contribution in [3.63, 3.8) is 0 Å². The Balaban J connectivity index is 0.00000117. The second kappa shape index (κ2) is 50.1. The normalized spacial score (nSPS) is 16.3. The third-order valence-electron chi connectivity index (χ3n) is 14.1. The SMILES string of the molecule is CCCCCCCC(C)=O.CCCCCCCCC(CCC)CCCCCCCC.CCCCCCCCCCCOC(=O)CCCCCN1CC(OCCCN2CCCC2)CC1C(C)=O. The molecule has 0 saturated carbocycles. The monoisotopic (exact) mass is 933 g/mol. The zero-order valence-electron chi connectivity index (χ0n) is 45.7. The van der Waals surface area contributed by atoms with E-state index in [4.69, 9.17) is 9.47 Å². The number of rotatable bonds is 44. The number of carbonyl (C=O) groups is 3. The molecule has 0 aromatic heterocycles. The Labute approximate surface area is 412 Å². The van der Waals surface area contributed by atoms with E-state index >= 15 is 0 Å². The Morgan fingerprint density at radius 3 is 1.45 bits per heavy atom. The van der Waals surface area contributed by atoms with Gasteiger partial charge in [-0.3, -0.25) is 14.5 Å². The molecule has 2 saturated heterocycles. The maximum atomic E-state index is 12.2. The first kappa shape index (κ1) is 64.7. The first-order valence-electron chi connectivity index (χ1n) is 29.4. The molecule has 7 nitrogen and oxygen atoms in total. The topological polar surface area (TPSA) is 76.2 Å². The minimum Gasteiger partial charge on any atom is -0.466 e. The number of ether oxygens (including phenoxy) is 2. The number of hydrogen-bond donors (Lipinski definition) is 0. The summed E-state index contributed by atoms with van der Waals surface area (Å²) >= 11 is 0. The predicted molar refractivity (Wildman–Crippen MR) is 286 cm³/mol. The molecule has 2 rings (SSSR count). The van der Waals surface area contributed by atoms with Crippen LogP contribution >= 0.6 is 0 Å². The first-order valence-corrected chi connectivity index (χ1v) is 29.4. The van der Waals surface area contributed by atoms with Gasteiger partial charge in [0.15, 0.2) is 0 Å². The molecule has 2 unspecified atom stereocenters. The summed E-state index contributed by atoms with van der Waals surface area (Å²) in [6, 6.07) is -0.00473. The number of likely N-dealkylation sites (tertiary alicyclic amines) is 2. The van der Waals surface area contributed by atoms with Crippen molar-refractivity contribution in [3.05, 3.63) is 0 Å². The quantitative estimate of drug-likeness (QED) is 0.0445. The van der Waals surface area contributed by atoms with Gasteiger partial charge >= 0.3 is 5.97 Å². The van der Waals surface area contributed by atoms with Crippen LogP contribution in [-0.2, 0) is 23.9 Å². The van der Waals surface area contributed by atoms with Crippen LogP contribution in [0.25, 0.3) is 0 Å². The van der Waals surface area contributed by atoms with Crippen LogP contribution < -0.4 is 0 Å². The number of esters is 1. The van der Waals surface area contributed by atoms with Gasteiger partial charge in [0, 0.05) is 32.5 Å². The number of nitrogens with zero attached hydrogens (tertiary/aromatic N) is 2. The van der Waals surface area contributed by atoms with Crippen LogP contribution in [0.15, 0.2) is 0 Å². The van der Waals surface area contributed by atoms with E-state index < -0.39 is 0 Å². The second-order valence-electron chi connectivity index (χ2n) is 20.7. The highest BCUT2D eigenvalue weighted by Crippen LogP contribution is 2.24. The Morgan fingerprint density at radius 1 is 0.485 bits per heavy atom. The fourth-order valence-electron chi connectivity index (χ4n) is 9.87. The van der Waals surface area contributed by atoms with E-state index in [0.29, 0.717) is 18.8 Å². The van der Waals surface area contributed by atoms with Gasteiger partial charge in [0.05, 0.1) is 18.8 Å². The summed E-state index contributed by atoms with van der Waals surface area (Å²) in [6.45, 7) is 21.5. The summed E-state index contributed by atoms with van der Waals surface area (Å²) < 4.78 is 11.5. The standard InChI is InChI=1S/C30H56N2O4.C20H42.C9H18O/c1-3-4-5-6-7-8-9-10-16-23-36-30(34)18-12-11-13-22-32-26-28(25-29(32)27(2)33)35-24-17-21-31-19-14-15-20-31;1-4-7-9-11-13-15-18-20(17-6-3)19-16-14-12-10-8-5-2;1-3-4-5-6-7-8-9(2)10/h28-29H,3-26H2,1-2H3;20H,4-19H2,1-3H3;3-8H2,1-2H3. The summed E-state index contributed by atoms with van der Waals surface area (Å²) in [5.41, 5.74) is 0. The maximum absolute atomic E-state index is 12.2. The van der Waals surface area contributed by atoms with Gasteiger partial charge in [0.2, 0.25) is 0 Å². The van der Waals surface area contributed by atoms with Crippen molar-refractivity contribution in [3.8, 4) is 0 Å². The van der Waals surface area contributed by atoms with Crippen molar-refractivity contribution in [2.45, 2.75) is 311 Å². The Morgan fingerprint density at radius 2 is 0.955 bits per heavy atom. The van der Waals surface area contributed by atoms with E-state index in [1.807, 2.05) is 0 Å². The van der Waals surface area contributed by atoms with Crippen molar-refractivity contribution in [2.75, 3.05) is 45.9 Å². The van der Waals surface area contributed by atoms with Gasteiger partial charge in [-0.25, -0.2) is 0 Å². The van der Waals surface area contributed by atoms with Gasteiger partial charge < -0.3 is 19.2 Å². The average molecular weight is 934 g/mol. The van der Waals surface area contributed by atoms with Crippen molar-refractivity contribution in [1.29, 1.82) is 0 Å². The molecule has 392 valence electrons. The summed E-state index contributed by atoms with van der Waals surface area (Å²) in [4.78, 5) is 39.5. The fourth-order valence-corrected chi connectivity index (χ4v) is 9.87. The van der Waals surface area contributed by atoms with Crippen LogP contribution in [0, 0.1) is 5.92 Å². The van der Waals surface area contributed by atoms with E-state index in [9.17, 15) is 14.4 Å². The molecule has 0 spiro atoms. The first-order chi connectivity index (χ1) is 32.2. The van der Waals surface area contributed by atoms with E-state index in [0.717, 1.165) is 89.9 Å². The van der Waals surface area contributed by atoms with Crippen molar-refractivity contribution >= 4 is 17.5 Å². The molecule has 0 aromatic carbocycles. The van der Waals surface area contributed by atoms with Crippen LogP contribution in [0.5, 0.6) is 0 Å². The van der Waals surface area contributed by atoms with Gasteiger partial charge in [0.1, 0.15) is 11.6 Å². The molecule has 0 amide bonds.